The van der Waals surface area contributed by atoms with Crippen LogP contribution in [-0.4, -0.2) is 41.3 Å². The summed E-state index contributed by atoms with van der Waals surface area (Å²) in [5, 5.41) is 9.46. The van der Waals surface area contributed by atoms with Crippen molar-refractivity contribution in [1.82, 2.24) is 0 Å². The zero-order valence-electron chi connectivity index (χ0n) is 13.3. The first-order valence-corrected chi connectivity index (χ1v) is 7.22. The SMILES string of the molecule is CC(C)OC(C)C(=O)OCCCCCC(=O)C(C)(C)O. The first kappa shape index (κ1) is 19.1. The number of carbonyl (C=O) groups excluding carboxylic acids is 2. The van der Waals surface area contributed by atoms with Crippen molar-refractivity contribution in [3.05, 3.63) is 0 Å². The minimum Gasteiger partial charge on any atom is -0.464 e. The van der Waals surface area contributed by atoms with Crippen LogP contribution < -0.4 is 0 Å². The van der Waals surface area contributed by atoms with Gasteiger partial charge in [-0.1, -0.05) is 0 Å². The maximum Gasteiger partial charge on any atom is 0.334 e. The molecule has 0 bridgehead atoms. The van der Waals surface area contributed by atoms with Crippen LogP contribution in [0.15, 0.2) is 0 Å². The second-order valence-electron chi connectivity index (χ2n) is 5.79. The van der Waals surface area contributed by atoms with Gasteiger partial charge in [0, 0.05) is 6.42 Å². The number of unbranched alkanes of at least 4 members (excludes halogenated alkanes) is 2. The lowest BCUT2D eigenvalue weighted by molar-refractivity contribution is -0.158. The number of carbonyl (C=O) groups is 2. The van der Waals surface area contributed by atoms with Gasteiger partial charge >= 0.3 is 5.97 Å². The molecule has 0 aliphatic heterocycles. The van der Waals surface area contributed by atoms with Gasteiger partial charge in [-0.15, -0.1) is 0 Å². The summed E-state index contributed by atoms with van der Waals surface area (Å²) < 4.78 is 10.4. The summed E-state index contributed by atoms with van der Waals surface area (Å²) in [5.74, 6) is -0.514. The van der Waals surface area contributed by atoms with Gasteiger partial charge in [0.1, 0.15) is 5.60 Å². The topological polar surface area (TPSA) is 72.8 Å². The molecule has 0 aromatic carbocycles. The Morgan fingerprint density at radius 1 is 1.10 bits per heavy atom. The van der Waals surface area contributed by atoms with E-state index in [0.717, 1.165) is 6.42 Å². The minimum absolute atomic E-state index is 0.00889. The van der Waals surface area contributed by atoms with E-state index in [-0.39, 0.29) is 17.9 Å². The summed E-state index contributed by atoms with van der Waals surface area (Å²) in [6, 6.07) is 0. The van der Waals surface area contributed by atoms with Crippen LogP contribution in [0.3, 0.4) is 0 Å². The highest BCUT2D eigenvalue weighted by Gasteiger charge is 2.22. The van der Waals surface area contributed by atoms with Crippen LogP contribution in [0.2, 0.25) is 0 Å². The van der Waals surface area contributed by atoms with Crippen LogP contribution >= 0.6 is 0 Å². The Bertz CT molecular complexity index is 304. The molecule has 1 unspecified atom stereocenters. The molecule has 118 valence electrons. The molecule has 1 N–H and O–H groups in total. The van der Waals surface area contributed by atoms with Gasteiger partial charge in [-0.3, -0.25) is 4.79 Å². The largest absolute Gasteiger partial charge is 0.464 e. The zero-order chi connectivity index (χ0) is 15.8. The van der Waals surface area contributed by atoms with Crippen LogP contribution in [0.1, 0.15) is 60.3 Å². The summed E-state index contributed by atoms with van der Waals surface area (Å²) in [7, 11) is 0. The van der Waals surface area contributed by atoms with E-state index in [4.69, 9.17) is 9.47 Å². The molecule has 0 aromatic heterocycles. The van der Waals surface area contributed by atoms with Crippen molar-refractivity contribution in [1.29, 1.82) is 0 Å². The number of rotatable bonds is 10. The van der Waals surface area contributed by atoms with E-state index in [1.807, 2.05) is 13.8 Å². The van der Waals surface area contributed by atoms with E-state index in [1.165, 1.54) is 13.8 Å². The van der Waals surface area contributed by atoms with Crippen molar-refractivity contribution in [2.45, 2.75) is 78.1 Å². The van der Waals surface area contributed by atoms with Crippen LogP contribution in [0, 0.1) is 0 Å². The van der Waals surface area contributed by atoms with E-state index in [2.05, 4.69) is 0 Å². The van der Waals surface area contributed by atoms with Gasteiger partial charge in [-0.2, -0.15) is 0 Å². The Morgan fingerprint density at radius 3 is 2.20 bits per heavy atom. The van der Waals surface area contributed by atoms with E-state index >= 15 is 0 Å². The molecule has 0 saturated carbocycles. The summed E-state index contributed by atoms with van der Waals surface area (Å²) >= 11 is 0. The number of Topliss-reactive ketones (excluding diaryl/α,β-unsaturated/α-hetero) is 1. The third-order valence-electron chi connectivity index (χ3n) is 2.78. The highest BCUT2D eigenvalue weighted by atomic mass is 16.6. The minimum atomic E-state index is -1.25. The smallest absolute Gasteiger partial charge is 0.334 e. The zero-order valence-corrected chi connectivity index (χ0v) is 13.3. The second kappa shape index (κ2) is 9.08. The van der Waals surface area contributed by atoms with E-state index in [1.54, 1.807) is 6.92 Å². The van der Waals surface area contributed by atoms with Crippen molar-refractivity contribution in [3.8, 4) is 0 Å². The fourth-order valence-corrected chi connectivity index (χ4v) is 1.62. The Labute approximate surface area is 121 Å². The summed E-state index contributed by atoms with van der Waals surface area (Å²) in [4.78, 5) is 23.0. The molecule has 20 heavy (non-hydrogen) atoms. The molecule has 0 saturated heterocycles. The molecule has 5 nitrogen and oxygen atoms in total. The Kier molecular flexibility index (Phi) is 8.65. The third-order valence-corrected chi connectivity index (χ3v) is 2.78. The number of hydrogen-bond acceptors (Lipinski definition) is 5. The quantitative estimate of drug-likeness (QED) is 0.493. The molecule has 1 atom stereocenters. The van der Waals surface area contributed by atoms with Crippen LogP contribution in [0.25, 0.3) is 0 Å². The summed E-state index contributed by atoms with van der Waals surface area (Å²) in [5.41, 5.74) is -1.25. The van der Waals surface area contributed by atoms with Crippen LogP contribution in [0.4, 0.5) is 0 Å². The van der Waals surface area contributed by atoms with Crippen molar-refractivity contribution < 1.29 is 24.2 Å². The van der Waals surface area contributed by atoms with E-state index < -0.39 is 11.7 Å². The molecule has 0 fully saturated rings. The monoisotopic (exact) mass is 288 g/mol. The standard InChI is InChI=1S/C15H28O5/c1-11(2)20-12(3)14(17)19-10-8-6-7-9-13(16)15(4,5)18/h11-12,18H,6-10H2,1-5H3. The molecule has 0 aliphatic carbocycles. The maximum atomic E-state index is 11.5. The Morgan fingerprint density at radius 2 is 1.70 bits per heavy atom. The summed E-state index contributed by atoms with van der Waals surface area (Å²) in [6.07, 6.45) is 1.98. The molecule has 0 amide bonds. The van der Waals surface area contributed by atoms with Crippen molar-refractivity contribution >= 4 is 11.8 Å². The van der Waals surface area contributed by atoms with Gasteiger partial charge in [0.05, 0.1) is 12.7 Å². The van der Waals surface area contributed by atoms with Crippen molar-refractivity contribution in [2.24, 2.45) is 0 Å². The fourth-order valence-electron chi connectivity index (χ4n) is 1.62. The average Bonchev–Trinajstić information content (AvgIpc) is 2.30. The number of esters is 1. The molecule has 0 heterocycles. The van der Waals surface area contributed by atoms with E-state index in [0.29, 0.717) is 25.9 Å². The molecule has 0 aromatic rings. The molecule has 0 spiro atoms. The van der Waals surface area contributed by atoms with E-state index in [9.17, 15) is 14.7 Å². The highest BCUT2D eigenvalue weighted by Crippen LogP contribution is 2.10. The molecule has 5 heteroatoms. The van der Waals surface area contributed by atoms with Crippen LogP contribution in [0.5, 0.6) is 0 Å². The number of ether oxygens (including phenoxy) is 2. The second-order valence-corrected chi connectivity index (χ2v) is 5.79. The first-order valence-electron chi connectivity index (χ1n) is 7.22. The lowest BCUT2D eigenvalue weighted by Gasteiger charge is -2.15. The number of aliphatic hydroxyl groups is 1. The Hall–Kier alpha value is -0.940. The first-order chi connectivity index (χ1) is 9.14. The normalized spacial score (nSPS) is 13.3. The van der Waals surface area contributed by atoms with Crippen LogP contribution in [-0.2, 0) is 19.1 Å². The predicted molar refractivity (Wildman–Crippen MR) is 76.4 cm³/mol. The number of ketones is 1. The van der Waals surface area contributed by atoms with Gasteiger partial charge in [0.2, 0.25) is 0 Å². The van der Waals surface area contributed by atoms with Gasteiger partial charge in [-0.05, 0) is 53.9 Å². The highest BCUT2D eigenvalue weighted by molar-refractivity contribution is 5.86. The van der Waals surface area contributed by atoms with Crippen molar-refractivity contribution in [2.75, 3.05) is 6.61 Å². The van der Waals surface area contributed by atoms with Gasteiger partial charge in [-0.25, -0.2) is 4.79 Å². The fraction of sp³-hybridized carbons (Fsp3) is 0.867. The average molecular weight is 288 g/mol. The van der Waals surface area contributed by atoms with Gasteiger partial charge in [0.25, 0.3) is 0 Å². The van der Waals surface area contributed by atoms with Crippen molar-refractivity contribution in [3.63, 3.8) is 0 Å². The third kappa shape index (κ3) is 9.04. The molecule has 0 radical (unpaired) electrons. The molecule has 0 rings (SSSR count). The molecular formula is C15H28O5. The van der Waals surface area contributed by atoms with Gasteiger partial charge in [0.15, 0.2) is 11.9 Å². The summed E-state index contributed by atoms with van der Waals surface area (Å²) in [6.45, 7) is 8.72. The molecular weight excluding hydrogens is 260 g/mol. The maximum absolute atomic E-state index is 11.5. The van der Waals surface area contributed by atoms with Gasteiger partial charge < -0.3 is 14.6 Å². The number of hydrogen-bond donors (Lipinski definition) is 1. The Balaban J connectivity index is 3.63. The predicted octanol–water partition coefficient (Wildman–Crippen LogP) is 2.24. The lowest BCUT2D eigenvalue weighted by Crippen LogP contribution is -2.30. The molecule has 0 aliphatic rings. The lowest BCUT2D eigenvalue weighted by atomic mass is 9.99.